The minimum Gasteiger partial charge on any atom is -0.496 e. The number of carbonyl (C=O) groups is 1. The van der Waals surface area contributed by atoms with Crippen molar-refractivity contribution < 1.29 is 27.8 Å². The topological polar surface area (TPSA) is 93.1 Å². The van der Waals surface area contributed by atoms with E-state index in [0.717, 1.165) is 15.6 Å². The van der Waals surface area contributed by atoms with E-state index in [1.165, 1.54) is 22.8 Å². The molecule has 0 saturated carbocycles. The standard InChI is InChI=1S/C25H30ClNO6S2/c1-5-12-27(35(30,31)25-17(3)21-13-19(26)8-10-23(21)34-25)15-16(2)33-20-9-6-18(7-11-24(28)29)22(14-20)32-4/h6,8-10,13-14,16H,5,7,11-12,15H2,1-4H3,(H,28,29). The highest BCUT2D eigenvalue weighted by Crippen LogP contribution is 2.37. The van der Waals surface area contributed by atoms with Crippen molar-refractivity contribution in [3.05, 3.63) is 52.5 Å². The highest BCUT2D eigenvalue weighted by atomic mass is 35.5. The van der Waals surface area contributed by atoms with Crippen LogP contribution in [0.5, 0.6) is 11.5 Å². The summed E-state index contributed by atoms with van der Waals surface area (Å²) in [6, 6.07) is 10.6. The number of thiophene rings is 1. The van der Waals surface area contributed by atoms with Gasteiger partial charge in [-0.3, -0.25) is 4.79 Å². The van der Waals surface area contributed by atoms with Gasteiger partial charge in [-0.1, -0.05) is 24.6 Å². The molecular weight excluding hydrogens is 510 g/mol. The first kappa shape index (κ1) is 27.3. The molecule has 1 unspecified atom stereocenters. The summed E-state index contributed by atoms with van der Waals surface area (Å²) in [5.74, 6) is 0.179. The number of hydrogen-bond acceptors (Lipinski definition) is 6. The number of aryl methyl sites for hydroxylation is 2. The highest BCUT2D eigenvalue weighted by molar-refractivity contribution is 7.91. The van der Waals surface area contributed by atoms with Crippen LogP contribution in [0.25, 0.3) is 10.1 Å². The number of ether oxygens (including phenoxy) is 2. The Hall–Kier alpha value is -2.33. The number of hydrogen-bond donors (Lipinski definition) is 1. The molecular formula is C25H30ClNO6S2. The van der Waals surface area contributed by atoms with Gasteiger partial charge in [0.25, 0.3) is 10.0 Å². The molecule has 1 N–H and O–H groups in total. The second-order valence-electron chi connectivity index (χ2n) is 8.31. The summed E-state index contributed by atoms with van der Waals surface area (Å²) in [6.07, 6.45) is 0.569. The Labute approximate surface area is 215 Å². The van der Waals surface area contributed by atoms with Crippen molar-refractivity contribution in [1.82, 2.24) is 4.31 Å². The lowest BCUT2D eigenvalue weighted by molar-refractivity contribution is -0.136. The van der Waals surface area contributed by atoms with E-state index in [1.54, 1.807) is 30.3 Å². The van der Waals surface area contributed by atoms with Gasteiger partial charge >= 0.3 is 5.97 Å². The number of rotatable bonds is 12. The molecule has 3 aromatic rings. The molecule has 2 aromatic carbocycles. The van der Waals surface area contributed by atoms with Gasteiger partial charge in [-0.15, -0.1) is 11.3 Å². The van der Waals surface area contributed by atoms with E-state index in [1.807, 2.05) is 26.8 Å². The number of halogens is 1. The molecule has 0 radical (unpaired) electrons. The largest absolute Gasteiger partial charge is 0.496 e. The Morgan fingerprint density at radius 1 is 1.23 bits per heavy atom. The number of fused-ring (bicyclic) bond motifs is 1. The third kappa shape index (κ3) is 6.46. The molecule has 1 heterocycles. The minimum absolute atomic E-state index is 0.000156. The number of methoxy groups -OCH3 is 1. The maximum absolute atomic E-state index is 13.6. The number of benzene rings is 2. The first-order valence-electron chi connectivity index (χ1n) is 11.3. The molecule has 0 aliphatic carbocycles. The number of carboxylic acid groups (broad SMARTS) is 1. The van der Waals surface area contributed by atoms with Crippen molar-refractivity contribution in [2.45, 2.75) is 50.3 Å². The zero-order chi connectivity index (χ0) is 25.8. The second-order valence-corrected chi connectivity index (χ2v) is 11.9. The zero-order valence-electron chi connectivity index (χ0n) is 20.2. The lowest BCUT2D eigenvalue weighted by Gasteiger charge is -2.25. The fourth-order valence-electron chi connectivity index (χ4n) is 3.90. The summed E-state index contributed by atoms with van der Waals surface area (Å²) in [5, 5.41) is 10.3. The van der Waals surface area contributed by atoms with Crippen molar-refractivity contribution in [2.24, 2.45) is 0 Å². The molecule has 7 nitrogen and oxygen atoms in total. The Morgan fingerprint density at radius 2 is 1.97 bits per heavy atom. The van der Waals surface area contributed by atoms with Crippen LogP contribution >= 0.6 is 22.9 Å². The van der Waals surface area contributed by atoms with E-state index in [-0.39, 0.29) is 13.0 Å². The number of carboxylic acids is 1. The molecule has 0 spiro atoms. The van der Waals surface area contributed by atoms with Gasteiger partial charge in [0.2, 0.25) is 0 Å². The maximum Gasteiger partial charge on any atom is 0.303 e. The summed E-state index contributed by atoms with van der Waals surface area (Å²) in [4.78, 5) is 10.9. The predicted octanol–water partition coefficient (Wildman–Crippen LogP) is 5.76. The van der Waals surface area contributed by atoms with Crippen LogP contribution < -0.4 is 9.47 Å². The van der Waals surface area contributed by atoms with Gasteiger partial charge in [-0.2, -0.15) is 4.31 Å². The maximum atomic E-state index is 13.6. The van der Waals surface area contributed by atoms with Crippen LogP contribution in [-0.4, -0.2) is 50.1 Å². The van der Waals surface area contributed by atoms with Crippen molar-refractivity contribution in [1.29, 1.82) is 0 Å². The third-order valence-corrected chi connectivity index (χ3v) is 9.54. The van der Waals surface area contributed by atoms with E-state index in [4.69, 9.17) is 26.2 Å². The van der Waals surface area contributed by atoms with Crippen LogP contribution in [0.1, 0.15) is 37.8 Å². The SMILES string of the molecule is CCCN(CC(C)Oc1ccc(CCC(=O)O)c(OC)c1)S(=O)(=O)c1sc2ccc(Cl)cc2c1C. The van der Waals surface area contributed by atoms with E-state index in [2.05, 4.69) is 0 Å². The molecule has 0 fully saturated rings. The summed E-state index contributed by atoms with van der Waals surface area (Å²) in [7, 11) is -2.23. The van der Waals surface area contributed by atoms with Gasteiger partial charge in [0.15, 0.2) is 0 Å². The first-order valence-corrected chi connectivity index (χ1v) is 13.9. The normalized spacial score (nSPS) is 12.7. The predicted molar refractivity (Wildman–Crippen MR) is 140 cm³/mol. The van der Waals surface area contributed by atoms with Gasteiger partial charge in [-0.25, -0.2) is 8.42 Å². The van der Waals surface area contributed by atoms with Crippen molar-refractivity contribution in [2.75, 3.05) is 20.2 Å². The van der Waals surface area contributed by atoms with Crippen LogP contribution in [0.4, 0.5) is 0 Å². The lowest BCUT2D eigenvalue weighted by atomic mass is 10.1. The van der Waals surface area contributed by atoms with Crippen LogP contribution in [0.2, 0.25) is 5.02 Å². The van der Waals surface area contributed by atoms with Crippen LogP contribution in [-0.2, 0) is 21.2 Å². The Kier molecular flexibility index (Phi) is 9.04. The van der Waals surface area contributed by atoms with Crippen molar-refractivity contribution in [3.8, 4) is 11.5 Å². The average molecular weight is 540 g/mol. The van der Waals surface area contributed by atoms with E-state index in [9.17, 15) is 13.2 Å². The molecule has 3 rings (SSSR count). The summed E-state index contributed by atoms with van der Waals surface area (Å²) in [6.45, 7) is 6.10. The van der Waals surface area contributed by atoms with Crippen molar-refractivity contribution in [3.63, 3.8) is 0 Å². The molecule has 0 aliphatic heterocycles. The monoisotopic (exact) mass is 539 g/mol. The molecule has 190 valence electrons. The van der Waals surface area contributed by atoms with Gasteiger partial charge in [0.05, 0.1) is 13.7 Å². The fraction of sp³-hybridized carbons (Fsp3) is 0.400. The number of nitrogens with zero attached hydrogens (tertiary/aromatic N) is 1. The Morgan fingerprint density at radius 3 is 2.63 bits per heavy atom. The first-order chi connectivity index (χ1) is 16.6. The van der Waals surface area contributed by atoms with Gasteiger partial charge in [0, 0.05) is 28.8 Å². The Balaban J connectivity index is 1.80. The molecule has 1 atom stereocenters. The van der Waals surface area contributed by atoms with Gasteiger partial charge in [-0.05, 0) is 67.5 Å². The van der Waals surface area contributed by atoms with E-state index >= 15 is 0 Å². The summed E-state index contributed by atoms with van der Waals surface area (Å²) >= 11 is 7.38. The fourth-order valence-corrected chi connectivity index (χ4v) is 7.56. The van der Waals surface area contributed by atoms with Crippen LogP contribution in [0, 0.1) is 6.92 Å². The minimum atomic E-state index is -3.74. The van der Waals surface area contributed by atoms with E-state index in [0.29, 0.717) is 45.7 Å². The molecule has 0 aliphatic rings. The van der Waals surface area contributed by atoms with Crippen LogP contribution in [0.15, 0.2) is 40.6 Å². The molecule has 1 aromatic heterocycles. The molecule has 35 heavy (non-hydrogen) atoms. The quantitative estimate of drug-likeness (QED) is 0.314. The van der Waals surface area contributed by atoms with Crippen molar-refractivity contribution >= 4 is 49.0 Å². The van der Waals surface area contributed by atoms with Gasteiger partial charge in [0.1, 0.15) is 21.8 Å². The average Bonchev–Trinajstić information content (AvgIpc) is 3.14. The molecule has 0 bridgehead atoms. The molecule has 0 amide bonds. The smallest absolute Gasteiger partial charge is 0.303 e. The second kappa shape index (κ2) is 11.6. The summed E-state index contributed by atoms with van der Waals surface area (Å²) in [5.41, 5.74) is 1.47. The summed E-state index contributed by atoms with van der Waals surface area (Å²) < 4.78 is 41.4. The number of aliphatic carboxylic acids is 1. The molecule has 10 heteroatoms. The Bertz CT molecular complexity index is 1300. The van der Waals surface area contributed by atoms with E-state index < -0.39 is 22.1 Å². The van der Waals surface area contributed by atoms with Gasteiger partial charge < -0.3 is 14.6 Å². The zero-order valence-corrected chi connectivity index (χ0v) is 22.6. The molecule has 0 saturated heterocycles. The van der Waals surface area contributed by atoms with Crippen LogP contribution in [0.3, 0.4) is 0 Å². The highest BCUT2D eigenvalue weighted by Gasteiger charge is 2.30. The number of sulfonamides is 1. The third-order valence-electron chi connectivity index (χ3n) is 5.57. The lowest BCUT2D eigenvalue weighted by Crippen LogP contribution is -2.39.